The number of nitrogens with one attached hydrogen (secondary N) is 1. The number of terminal acetylenes is 3. The van der Waals surface area contributed by atoms with Crippen molar-refractivity contribution in [3.63, 3.8) is 0 Å². The standard InChI is InChI=1S/C36H18N2O5/c1-4-20-8-7-9-25(14-20)37-34(41)24-17-23(31-32(39)27-12-10-21(5-2)15-29(27)33(31)40)18-26(19-24)38-35(42)28-13-11-22(6-3)16-30(28)36(38)43/h1-3,7-19,31H,(H,37,41). The normalized spacial score (nSPS) is 14.9. The lowest BCUT2D eigenvalue weighted by Gasteiger charge is -2.18. The molecule has 4 aromatic carbocycles. The van der Waals surface area contributed by atoms with E-state index in [1.54, 1.807) is 36.4 Å². The zero-order chi connectivity index (χ0) is 30.4. The molecule has 3 amide bonds. The number of hydrogen-bond donors (Lipinski definition) is 1. The average Bonchev–Trinajstić information content (AvgIpc) is 3.43. The van der Waals surface area contributed by atoms with E-state index in [9.17, 15) is 24.0 Å². The second-order valence-corrected chi connectivity index (χ2v) is 9.91. The lowest BCUT2D eigenvalue weighted by Crippen LogP contribution is -2.30. The van der Waals surface area contributed by atoms with Gasteiger partial charge < -0.3 is 5.32 Å². The fourth-order valence-corrected chi connectivity index (χ4v) is 5.30. The minimum absolute atomic E-state index is 0.000325. The molecule has 7 nitrogen and oxygen atoms in total. The Morgan fingerprint density at radius 1 is 0.651 bits per heavy atom. The molecule has 1 N–H and O–H groups in total. The topological polar surface area (TPSA) is 101 Å². The van der Waals surface area contributed by atoms with Crippen molar-refractivity contribution < 1.29 is 24.0 Å². The zero-order valence-electron chi connectivity index (χ0n) is 22.3. The van der Waals surface area contributed by atoms with E-state index in [1.807, 2.05) is 0 Å². The van der Waals surface area contributed by atoms with Crippen LogP contribution in [0.3, 0.4) is 0 Å². The second kappa shape index (κ2) is 10.2. The highest BCUT2D eigenvalue weighted by atomic mass is 16.2. The first-order valence-electron chi connectivity index (χ1n) is 13.0. The van der Waals surface area contributed by atoms with Crippen molar-refractivity contribution in [2.45, 2.75) is 5.92 Å². The van der Waals surface area contributed by atoms with Crippen molar-refractivity contribution in [1.29, 1.82) is 0 Å². The van der Waals surface area contributed by atoms with Crippen molar-refractivity contribution in [3.8, 4) is 37.0 Å². The molecule has 0 fully saturated rings. The Hall–Kier alpha value is -6.49. The first-order valence-corrected chi connectivity index (χ1v) is 13.0. The number of nitrogens with zero attached hydrogens (tertiary/aromatic N) is 1. The van der Waals surface area contributed by atoms with Gasteiger partial charge in [-0.1, -0.05) is 23.8 Å². The van der Waals surface area contributed by atoms with Crippen LogP contribution in [0.15, 0.2) is 78.9 Å². The van der Waals surface area contributed by atoms with Crippen molar-refractivity contribution in [2.24, 2.45) is 0 Å². The van der Waals surface area contributed by atoms with E-state index in [0.717, 1.165) is 4.90 Å². The van der Waals surface area contributed by atoms with E-state index in [4.69, 9.17) is 19.3 Å². The van der Waals surface area contributed by atoms with E-state index in [2.05, 4.69) is 23.1 Å². The van der Waals surface area contributed by atoms with Crippen molar-refractivity contribution in [3.05, 3.63) is 129 Å². The van der Waals surface area contributed by atoms with Crippen molar-refractivity contribution >= 4 is 40.7 Å². The molecular weight excluding hydrogens is 540 g/mol. The van der Waals surface area contributed by atoms with Gasteiger partial charge in [-0.3, -0.25) is 24.0 Å². The lowest BCUT2D eigenvalue weighted by molar-refractivity contribution is 0.0885. The van der Waals surface area contributed by atoms with Gasteiger partial charge in [0, 0.05) is 39.1 Å². The molecule has 1 aliphatic carbocycles. The molecule has 1 aliphatic heterocycles. The van der Waals surface area contributed by atoms with Gasteiger partial charge in [0.15, 0.2) is 11.6 Å². The van der Waals surface area contributed by atoms with Crippen molar-refractivity contribution in [2.75, 3.05) is 10.2 Å². The van der Waals surface area contributed by atoms with Gasteiger partial charge in [-0.25, -0.2) is 4.90 Å². The SMILES string of the molecule is C#Cc1cccc(NC(=O)c2cc(C3C(=O)c4ccc(C#C)cc4C3=O)cc(N3C(=O)c4ccc(C#C)cc4C3=O)c2)c1. The van der Waals surface area contributed by atoms with Crippen LogP contribution in [0.5, 0.6) is 0 Å². The molecule has 0 radical (unpaired) electrons. The molecular formula is C36H18N2O5. The van der Waals surface area contributed by atoms with Crippen LogP contribution in [-0.2, 0) is 0 Å². The number of carbonyl (C=O) groups is 5. The molecule has 0 saturated carbocycles. The summed E-state index contributed by atoms with van der Waals surface area (Å²) in [6.07, 6.45) is 16.5. The minimum atomic E-state index is -1.32. The molecule has 7 heteroatoms. The lowest BCUT2D eigenvalue weighted by atomic mass is 9.92. The highest BCUT2D eigenvalue weighted by Gasteiger charge is 2.42. The van der Waals surface area contributed by atoms with Crippen LogP contribution in [0.4, 0.5) is 11.4 Å². The molecule has 0 spiro atoms. The predicted octanol–water partition coefficient (Wildman–Crippen LogP) is 4.85. The Morgan fingerprint density at radius 2 is 1.26 bits per heavy atom. The summed E-state index contributed by atoms with van der Waals surface area (Å²) in [5, 5.41) is 2.74. The van der Waals surface area contributed by atoms with Crippen LogP contribution in [0, 0.1) is 37.0 Å². The molecule has 6 rings (SSSR count). The summed E-state index contributed by atoms with van der Waals surface area (Å²) in [6, 6.07) is 19.7. The van der Waals surface area contributed by atoms with E-state index in [0.29, 0.717) is 22.4 Å². The summed E-state index contributed by atoms with van der Waals surface area (Å²) >= 11 is 0. The molecule has 0 bridgehead atoms. The maximum absolute atomic E-state index is 13.6. The summed E-state index contributed by atoms with van der Waals surface area (Å²) in [7, 11) is 0. The molecule has 2 aliphatic rings. The number of imide groups is 1. The second-order valence-electron chi connectivity index (χ2n) is 9.91. The van der Waals surface area contributed by atoms with Crippen LogP contribution in [0.1, 0.15) is 80.0 Å². The predicted molar refractivity (Wildman–Crippen MR) is 160 cm³/mol. The van der Waals surface area contributed by atoms with Crippen LogP contribution in [-0.4, -0.2) is 29.3 Å². The fourth-order valence-electron chi connectivity index (χ4n) is 5.30. The van der Waals surface area contributed by atoms with E-state index >= 15 is 0 Å². The highest BCUT2D eigenvalue weighted by Crippen LogP contribution is 2.38. The quantitative estimate of drug-likeness (QED) is 0.219. The van der Waals surface area contributed by atoms with E-state index in [1.165, 1.54) is 42.5 Å². The Morgan fingerprint density at radius 3 is 1.95 bits per heavy atom. The molecule has 0 saturated heterocycles. The minimum Gasteiger partial charge on any atom is -0.322 e. The van der Waals surface area contributed by atoms with E-state index in [-0.39, 0.29) is 39.1 Å². The summed E-state index contributed by atoms with van der Waals surface area (Å²) in [4.78, 5) is 68.4. The summed E-state index contributed by atoms with van der Waals surface area (Å²) < 4.78 is 0. The van der Waals surface area contributed by atoms with Crippen LogP contribution in [0.2, 0.25) is 0 Å². The number of rotatable bonds is 4. The molecule has 202 valence electrons. The van der Waals surface area contributed by atoms with E-state index < -0.39 is 35.2 Å². The van der Waals surface area contributed by atoms with Gasteiger partial charge in [0.05, 0.1) is 16.8 Å². The number of amides is 3. The molecule has 1 unspecified atom stereocenters. The van der Waals surface area contributed by atoms with Gasteiger partial charge in [-0.2, -0.15) is 0 Å². The Balaban J connectivity index is 1.47. The third-order valence-electron chi connectivity index (χ3n) is 7.38. The van der Waals surface area contributed by atoms with Crippen LogP contribution < -0.4 is 10.2 Å². The first kappa shape index (κ1) is 26.7. The van der Waals surface area contributed by atoms with Crippen LogP contribution in [0.25, 0.3) is 0 Å². The largest absolute Gasteiger partial charge is 0.322 e. The fraction of sp³-hybridized carbons (Fsp3) is 0.0278. The van der Waals surface area contributed by atoms with Gasteiger partial charge in [0.2, 0.25) is 0 Å². The number of fused-ring (bicyclic) bond motifs is 2. The number of ketones is 2. The number of hydrogen-bond acceptors (Lipinski definition) is 5. The molecule has 1 atom stereocenters. The van der Waals surface area contributed by atoms with Crippen molar-refractivity contribution in [1.82, 2.24) is 0 Å². The maximum Gasteiger partial charge on any atom is 0.266 e. The number of benzene rings is 4. The molecule has 4 aromatic rings. The highest BCUT2D eigenvalue weighted by molar-refractivity contribution is 6.35. The summed E-state index contributed by atoms with van der Waals surface area (Å²) in [5.41, 5.74) is 2.52. The van der Waals surface area contributed by atoms with Gasteiger partial charge in [-0.15, -0.1) is 19.3 Å². The van der Waals surface area contributed by atoms with Gasteiger partial charge in [0.1, 0.15) is 5.92 Å². The Labute approximate surface area is 246 Å². The average molecular weight is 559 g/mol. The van der Waals surface area contributed by atoms with Gasteiger partial charge >= 0.3 is 0 Å². The first-order chi connectivity index (χ1) is 20.7. The number of carbonyl (C=O) groups excluding carboxylic acids is 5. The molecule has 0 aromatic heterocycles. The summed E-state index contributed by atoms with van der Waals surface area (Å²) in [6.45, 7) is 0. The monoisotopic (exact) mass is 558 g/mol. The number of Topliss-reactive ketones (excluding diaryl/α,β-unsaturated/α-hetero) is 2. The molecule has 1 heterocycles. The van der Waals surface area contributed by atoms with Gasteiger partial charge in [0.25, 0.3) is 17.7 Å². The smallest absolute Gasteiger partial charge is 0.266 e. The maximum atomic E-state index is 13.6. The van der Waals surface area contributed by atoms with Gasteiger partial charge in [-0.05, 0) is 78.4 Å². The number of anilines is 2. The Bertz CT molecular complexity index is 1990. The summed E-state index contributed by atoms with van der Waals surface area (Å²) in [5.74, 6) is 3.15. The Kier molecular flexibility index (Phi) is 6.31. The zero-order valence-corrected chi connectivity index (χ0v) is 22.3. The molecule has 43 heavy (non-hydrogen) atoms. The van der Waals surface area contributed by atoms with Crippen LogP contribution >= 0.6 is 0 Å². The third kappa shape index (κ3) is 4.37. The third-order valence-corrected chi connectivity index (χ3v) is 7.38.